The third-order valence-corrected chi connectivity index (χ3v) is 3.26. The van der Waals surface area contributed by atoms with Gasteiger partial charge in [-0.1, -0.05) is 17.7 Å². The Balaban J connectivity index is 1.94. The highest BCUT2D eigenvalue weighted by Crippen LogP contribution is 2.19. The summed E-state index contributed by atoms with van der Waals surface area (Å²) in [5.41, 5.74) is 6.66. The second-order valence-electron chi connectivity index (χ2n) is 4.82. The van der Waals surface area contributed by atoms with Crippen LogP contribution in [0.4, 0.5) is 15.8 Å². The molecule has 0 unspecified atom stereocenters. The van der Waals surface area contributed by atoms with Crippen LogP contribution < -0.4 is 11.1 Å². The van der Waals surface area contributed by atoms with Crippen molar-refractivity contribution in [3.8, 4) is 0 Å². The van der Waals surface area contributed by atoms with E-state index in [9.17, 15) is 14.0 Å². The zero-order chi connectivity index (χ0) is 17.0. The van der Waals surface area contributed by atoms with E-state index in [0.29, 0.717) is 10.6 Å². The highest BCUT2D eigenvalue weighted by molar-refractivity contribution is 6.31. The third-order valence-electron chi connectivity index (χ3n) is 3.03. The molecule has 5 nitrogen and oxygen atoms in total. The van der Waals surface area contributed by atoms with E-state index in [4.69, 9.17) is 22.1 Å². The van der Waals surface area contributed by atoms with Crippen LogP contribution in [0.5, 0.6) is 0 Å². The number of benzene rings is 2. The Hall–Kier alpha value is -2.60. The number of hydrogen-bond acceptors (Lipinski definition) is 4. The van der Waals surface area contributed by atoms with Crippen LogP contribution in [0.25, 0.3) is 0 Å². The number of carbonyl (C=O) groups excluding carboxylic acids is 2. The van der Waals surface area contributed by atoms with Gasteiger partial charge in [-0.25, -0.2) is 9.18 Å². The largest absolute Gasteiger partial charge is 0.452 e. The van der Waals surface area contributed by atoms with E-state index >= 15 is 0 Å². The first-order valence-electron chi connectivity index (χ1n) is 6.65. The maximum atomic E-state index is 13.4. The van der Waals surface area contributed by atoms with E-state index in [0.717, 1.165) is 0 Å². The molecule has 2 aromatic rings. The molecule has 0 radical (unpaired) electrons. The minimum atomic E-state index is -0.768. The van der Waals surface area contributed by atoms with Gasteiger partial charge in [-0.15, -0.1) is 0 Å². The van der Waals surface area contributed by atoms with Gasteiger partial charge in [0.1, 0.15) is 5.82 Å². The number of esters is 1. The van der Waals surface area contributed by atoms with Gasteiger partial charge in [-0.3, -0.25) is 4.79 Å². The first kappa shape index (κ1) is 16.8. The predicted octanol–water partition coefficient (Wildman–Crippen LogP) is 3.17. The fraction of sp³-hybridized carbons (Fsp3) is 0.125. The summed E-state index contributed by atoms with van der Waals surface area (Å²) in [6, 6.07) is 8.62. The van der Waals surface area contributed by atoms with Gasteiger partial charge in [0.05, 0.1) is 5.56 Å². The van der Waals surface area contributed by atoms with Gasteiger partial charge in [0.15, 0.2) is 6.61 Å². The van der Waals surface area contributed by atoms with E-state index in [2.05, 4.69) is 5.32 Å². The van der Waals surface area contributed by atoms with Crippen molar-refractivity contribution in [2.75, 3.05) is 17.7 Å². The molecular weight excluding hydrogens is 323 g/mol. The van der Waals surface area contributed by atoms with Crippen LogP contribution in [0.2, 0.25) is 5.02 Å². The quantitative estimate of drug-likeness (QED) is 0.663. The second-order valence-corrected chi connectivity index (χ2v) is 5.26. The molecule has 120 valence electrons. The van der Waals surface area contributed by atoms with Crippen molar-refractivity contribution in [1.29, 1.82) is 0 Å². The average Bonchev–Trinajstić information content (AvgIpc) is 2.51. The van der Waals surface area contributed by atoms with Gasteiger partial charge >= 0.3 is 5.97 Å². The maximum absolute atomic E-state index is 13.4. The van der Waals surface area contributed by atoms with E-state index in [1.807, 2.05) is 0 Å². The van der Waals surface area contributed by atoms with Gasteiger partial charge in [0.25, 0.3) is 5.91 Å². The molecule has 0 aliphatic carbocycles. The summed E-state index contributed by atoms with van der Waals surface area (Å²) >= 11 is 5.78. The number of hydrogen-bond donors (Lipinski definition) is 2. The van der Waals surface area contributed by atoms with Gasteiger partial charge in [0, 0.05) is 16.4 Å². The van der Waals surface area contributed by atoms with Gasteiger partial charge in [0.2, 0.25) is 0 Å². The summed E-state index contributed by atoms with van der Waals surface area (Å²) < 4.78 is 18.3. The minimum Gasteiger partial charge on any atom is -0.452 e. The van der Waals surface area contributed by atoms with Crippen LogP contribution in [-0.4, -0.2) is 18.5 Å². The topological polar surface area (TPSA) is 81.4 Å². The number of rotatable bonds is 4. The molecule has 0 bridgehead atoms. The molecule has 3 N–H and O–H groups in total. The van der Waals surface area contributed by atoms with E-state index < -0.39 is 24.3 Å². The number of aryl methyl sites for hydroxylation is 1. The minimum absolute atomic E-state index is 0.0756. The molecule has 2 rings (SSSR count). The number of nitrogen functional groups attached to an aromatic ring is 1. The fourth-order valence-corrected chi connectivity index (χ4v) is 1.95. The Morgan fingerprint density at radius 2 is 2.00 bits per heavy atom. The summed E-state index contributed by atoms with van der Waals surface area (Å²) in [6.45, 7) is 1.08. The summed E-state index contributed by atoms with van der Waals surface area (Å²) in [5.74, 6) is -1.80. The normalized spacial score (nSPS) is 10.2. The molecule has 0 heterocycles. The van der Waals surface area contributed by atoms with Crippen molar-refractivity contribution in [3.05, 3.63) is 58.4 Å². The Morgan fingerprint density at radius 3 is 2.70 bits per heavy atom. The molecule has 0 saturated carbocycles. The van der Waals surface area contributed by atoms with Crippen LogP contribution in [0, 0.1) is 12.7 Å². The second kappa shape index (κ2) is 7.11. The van der Waals surface area contributed by atoms with Crippen LogP contribution in [0.15, 0.2) is 36.4 Å². The molecule has 0 spiro atoms. The number of halogens is 2. The van der Waals surface area contributed by atoms with Crippen molar-refractivity contribution >= 4 is 34.9 Å². The Kier molecular flexibility index (Phi) is 5.18. The van der Waals surface area contributed by atoms with Crippen LogP contribution in [0.3, 0.4) is 0 Å². The fourth-order valence-electron chi connectivity index (χ4n) is 1.78. The van der Waals surface area contributed by atoms with E-state index in [-0.39, 0.29) is 16.9 Å². The average molecular weight is 337 g/mol. The Morgan fingerprint density at radius 1 is 1.26 bits per heavy atom. The highest BCUT2D eigenvalue weighted by Gasteiger charge is 2.14. The van der Waals surface area contributed by atoms with E-state index in [1.165, 1.54) is 30.3 Å². The van der Waals surface area contributed by atoms with Crippen molar-refractivity contribution in [2.24, 2.45) is 0 Å². The SMILES string of the molecule is Cc1ccc(NC(=O)COC(=O)c2cc(Cl)ccc2N)cc1F. The molecule has 0 aliphatic heterocycles. The molecule has 0 aliphatic rings. The summed E-state index contributed by atoms with van der Waals surface area (Å²) in [5, 5.41) is 2.75. The first-order valence-corrected chi connectivity index (χ1v) is 7.03. The van der Waals surface area contributed by atoms with Crippen molar-refractivity contribution in [1.82, 2.24) is 0 Å². The number of ether oxygens (including phenoxy) is 1. The van der Waals surface area contributed by atoms with Gasteiger partial charge in [-0.05, 0) is 42.8 Å². The number of amides is 1. The molecule has 2 aromatic carbocycles. The molecule has 0 aromatic heterocycles. The number of carbonyl (C=O) groups is 2. The molecule has 0 fully saturated rings. The lowest BCUT2D eigenvalue weighted by atomic mass is 10.2. The monoisotopic (exact) mass is 336 g/mol. The number of anilines is 2. The summed E-state index contributed by atoms with van der Waals surface area (Å²) in [4.78, 5) is 23.6. The number of nitrogens with one attached hydrogen (secondary N) is 1. The summed E-state index contributed by atoms with van der Waals surface area (Å²) in [7, 11) is 0. The molecule has 0 atom stereocenters. The Bertz CT molecular complexity index is 765. The van der Waals surface area contributed by atoms with Gasteiger partial charge in [-0.2, -0.15) is 0 Å². The third kappa shape index (κ3) is 4.43. The number of nitrogens with two attached hydrogens (primary N) is 1. The standard InChI is InChI=1S/C16H14ClFN2O3/c1-9-2-4-11(7-13(9)18)20-15(21)8-23-16(22)12-6-10(17)3-5-14(12)19/h2-7H,8,19H2,1H3,(H,20,21). The predicted molar refractivity (Wildman–Crippen MR) is 85.9 cm³/mol. The zero-order valence-corrected chi connectivity index (χ0v) is 13.0. The van der Waals surface area contributed by atoms with E-state index in [1.54, 1.807) is 13.0 Å². The lowest BCUT2D eigenvalue weighted by Crippen LogP contribution is -2.21. The van der Waals surface area contributed by atoms with Gasteiger partial charge < -0.3 is 15.8 Å². The smallest absolute Gasteiger partial charge is 0.340 e. The van der Waals surface area contributed by atoms with Crippen LogP contribution in [0.1, 0.15) is 15.9 Å². The lowest BCUT2D eigenvalue weighted by Gasteiger charge is -2.09. The van der Waals surface area contributed by atoms with Crippen molar-refractivity contribution < 1.29 is 18.7 Å². The molecule has 1 amide bonds. The Labute approximate surface area is 137 Å². The molecule has 23 heavy (non-hydrogen) atoms. The zero-order valence-electron chi connectivity index (χ0n) is 12.2. The molecule has 0 saturated heterocycles. The van der Waals surface area contributed by atoms with Crippen molar-refractivity contribution in [3.63, 3.8) is 0 Å². The van der Waals surface area contributed by atoms with Crippen LogP contribution in [-0.2, 0) is 9.53 Å². The first-order chi connectivity index (χ1) is 10.9. The summed E-state index contributed by atoms with van der Waals surface area (Å²) in [6.07, 6.45) is 0. The molecular formula is C16H14ClFN2O3. The highest BCUT2D eigenvalue weighted by atomic mass is 35.5. The molecule has 7 heteroatoms. The maximum Gasteiger partial charge on any atom is 0.340 e. The lowest BCUT2D eigenvalue weighted by molar-refractivity contribution is -0.119. The van der Waals surface area contributed by atoms with Crippen LogP contribution >= 0.6 is 11.6 Å². The van der Waals surface area contributed by atoms with Crippen molar-refractivity contribution in [2.45, 2.75) is 6.92 Å².